The van der Waals surface area contributed by atoms with Crippen molar-refractivity contribution in [2.45, 2.75) is 52.0 Å². The van der Waals surface area contributed by atoms with Crippen molar-refractivity contribution in [3.8, 4) is 0 Å². The lowest BCUT2D eigenvalue weighted by atomic mass is 9.94. The fraction of sp³-hybridized carbons (Fsp3) is 0.529. The molecular formula is C17H23ClN2O2. The highest BCUT2D eigenvalue weighted by molar-refractivity contribution is 6.31. The van der Waals surface area contributed by atoms with Gasteiger partial charge in [0, 0.05) is 23.7 Å². The molecule has 1 saturated carbocycles. The highest BCUT2D eigenvalue weighted by Gasteiger charge is 2.25. The summed E-state index contributed by atoms with van der Waals surface area (Å²) < 4.78 is 0. The average Bonchev–Trinajstić information content (AvgIpc) is 2.50. The van der Waals surface area contributed by atoms with E-state index in [4.69, 9.17) is 11.6 Å². The molecule has 2 amide bonds. The molecule has 5 heteroatoms. The Hall–Kier alpha value is -1.55. The third kappa shape index (κ3) is 4.23. The monoisotopic (exact) mass is 322 g/mol. The molecule has 0 atom stereocenters. The normalized spacial score (nSPS) is 15.4. The second-order valence-electron chi connectivity index (χ2n) is 5.90. The maximum atomic E-state index is 12.3. The number of rotatable bonds is 4. The standard InChI is InChI=1S/C17H23ClN2O2/c1-12-15(18)9-6-10-16(12)19-17(22)11-20(13(2)21)14-7-4-3-5-8-14/h6,9-10,14H,3-5,7-8,11H2,1-2H3,(H,19,22). The molecule has 0 spiro atoms. The van der Waals surface area contributed by atoms with Crippen LogP contribution in [0.15, 0.2) is 18.2 Å². The zero-order valence-electron chi connectivity index (χ0n) is 13.2. The fourth-order valence-electron chi connectivity index (χ4n) is 2.98. The molecule has 4 nitrogen and oxygen atoms in total. The van der Waals surface area contributed by atoms with Crippen molar-refractivity contribution < 1.29 is 9.59 Å². The first-order chi connectivity index (χ1) is 10.5. The van der Waals surface area contributed by atoms with Gasteiger partial charge in [0.2, 0.25) is 11.8 Å². The molecule has 0 radical (unpaired) electrons. The molecule has 0 heterocycles. The number of hydrogen-bond acceptors (Lipinski definition) is 2. The van der Waals surface area contributed by atoms with E-state index in [-0.39, 0.29) is 24.4 Å². The molecular weight excluding hydrogens is 300 g/mol. The Labute approximate surface area is 136 Å². The van der Waals surface area contributed by atoms with Crippen LogP contribution in [0.3, 0.4) is 0 Å². The zero-order chi connectivity index (χ0) is 16.1. The third-order valence-corrected chi connectivity index (χ3v) is 4.69. The molecule has 1 N–H and O–H groups in total. The first kappa shape index (κ1) is 16.8. The predicted molar refractivity (Wildman–Crippen MR) is 89.1 cm³/mol. The van der Waals surface area contributed by atoms with Crippen LogP contribution >= 0.6 is 11.6 Å². The number of anilines is 1. The number of carbonyl (C=O) groups excluding carboxylic acids is 2. The van der Waals surface area contributed by atoms with E-state index in [1.165, 1.54) is 13.3 Å². The highest BCUT2D eigenvalue weighted by atomic mass is 35.5. The van der Waals surface area contributed by atoms with Gasteiger partial charge in [0.15, 0.2) is 0 Å². The summed E-state index contributed by atoms with van der Waals surface area (Å²) in [5, 5.41) is 3.48. The summed E-state index contributed by atoms with van der Waals surface area (Å²) in [4.78, 5) is 25.9. The van der Waals surface area contributed by atoms with Crippen molar-refractivity contribution in [2.24, 2.45) is 0 Å². The van der Waals surface area contributed by atoms with Crippen LogP contribution in [-0.2, 0) is 9.59 Å². The SMILES string of the molecule is CC(=O)N(CC(=O)Nc1cccc(Cl)c1C)C1CCCCC1. The molecule has 0 bridgehead atoms. The van der Waals surface area contributed by atoms with Gasteiger partial charge in [0.25, 0.3) is 0 Å². The van der Waals surface area contributed by atoms with Crippen LogP contribution in [-0.4, -0.2) is 29.3 Å². The van der Waals surface area contributed by atoms with Crippen LogP contribution in [0.25, 0.3) is 0 Å². The van der Waals surface area contributed by atoms with E-state index in [9.17, 15) is 9.59 Å². The van der Waals surface area contributed by atoms with Gasteiger partial charge in [-0.05, 0) is 37.5 Å². The molecule has 1 aromatic carbocycles. The average molecular weight is 323 g/mol. The first-order valence-corrected chi connectivity index (χ1v) is 8.19. The van der Waals surface area contributed by atoms with Gasteiger partial charge in [0.1, 0.15) is 6.54 Å². The largest absolute Gasteiger partial charge is 0.331 e. The van der Waals surface area contributed by atoms with E-state index < -0.39 is 0 Å². The Bertz CT molecular complexity index is 554. The minimum atomic E-state index is -0.175. The summed E-state index contributed by atoms with van der Waals surface area (Å²) in [5.41, 5.74) is 1.54. The first-order valence-electron chi connectivity index (χ1n) is 7.81. The van der Waals surface area contributed by atoms with Crippen LogP contribution in [0.2, 0.25) is 5.02 Å². The van der Waals surface area contributed by atoms with E-state index in [1.807, 2.05) is 13.0 Å². The van der Waals surface area contributed by atoms with Gasteiger partial charge in [-0.25, -0.2) is 0 Å². The summed E-state index contributed by atoms with van der Waals surface area (Å²) in [6, 6.07) is 5.60. The highest BCUT2D eigenvalue weighted by Crippen LogP contribution is 2.24. The van der Waals surface area contributed by atoms with Gasteiger partial charge in [-0.15, -0.1) is 0 Å². The van der Waals surface area contributed by atoms with Gasteiger partial charge >= 0.3 is 0 Å². The van der Waals surface area contributed by atoms with Crippen LogP contribution in [0, 0.1) is 6.92 Å². The molecule has 22 heavy (non-hydrogen) atoms. The summed E-state index contributed by atoms with van der Waals surface area (Å²) in [6.07, 6.45) is 5.45. The number of nitrogens with one attached hydrogen (secondary N) is 1. The van der Waals surface area contributed by atoms with Crippen molar-refractivity contribution in [2.75, 3.05) is 11.9 Å². The number of nitrogens with zero attached hydrogens (tertiary/aromatic N) is 1. The Morgan fingerprint density at radius 2 is 1.95 bits per heavy atom. The molecule has 0 saturated heterocycles. The van der Waals surface area contributed by atoms with Gasteiger partial charge < -0.3 is 10.2 Å². The van der Waals surface area contributed by atoms with E-state index in [0.717, 1.165) is 31.2 Å². The summed E-state index contributed by atoms with van der Waals surface area (Å²) in [5.74, 6) is -0.212. The molecule has 0 aromatic heterocycles. The van der Waals surface area contributed by atoms with Crippen molar-refractivity contribution in [3.05, 3.63) is 28.8 Å². The molecule has 1 aliphatic rings. The summed E-state index contributed by atoms with van der Waals surface area (Å²) >= 11 is 6.06. The molecule has 1 aromatic rings. The van der Waals surface area contributed by atoms with E-state index in [1.54, 1.807) is 17.0 Å². The van der Waals surface area contributed by atoms with Crippen LogP contribution in [0.4, 0.5) is 5.69 Å². The zero-order valence-corrected chi connectivity index (χ0v) is 13.9. The number of amides is 2. The topological polar surface area (TPSA) is 49.4 Å². The predicted octanol–water partition coefficient (Wildman–Crippen LogP) is 3.77. The molecule has 1 aliphatic carbocycles. The number of halogens is 1. The lowest BCUT2D eigenvalue weighted by molar-refractivity contribution is -0.135. The Morgan fingerprint density at radius 1 is 1.27 bits per heavy atom. The Balaban J connectivity index is 2.02. The second kappa shape index (κ2) is 7.63. The molecule has 2 rings (SSSR count). The summed E-state index contributed by atoms with van der Waals surface area (Å²) in [7, 11) is 0. The van der Waals surface area contributed by atoms with Crippen LogP contribution in [0.5, 0.6) is 0 Å². The van der Waals surface area contributed by atoms with E-state index >= 15 is 0 Å². The smallest absolute Gasteiger partial charge is 0.244 e. The molecule has 0 aliphatic heterocycles. The molecule has 0 unspecified atom stereocenters. The van der Waals surface area contributed by atoms with Crippen molar-refractivity contribution in [1.29, 1.82) is 0 Å². The van der Waals surface area contributed by atoms with Crippen molar-refractivity contribution in [3.63, 3.8) is 0 Å². The van der Waals surface area contributed by atoms with Crippen molar-refractivity contribution in [1.82, 2.24) is 4.90 Å². The molecule has 120 valence electrons. The Kier molecular flexibility index (Phi) is 5.83. The summed E-state index contributed by atoms with van der Waals surface area (Å²) in [6.45, 7) is 3.50. The maximum absolute atomic E-state index is 12.3. The maximum Gasteiger partial charge on any atom is 0.244 e. The number of carbonyl (C=O) groups is 2. The number of benzene rings is 1. The van der Waals surface area contributed by atoms with Crippen molar-refractivity contribution >= 4 is 29.1 Å². The van der Waals surface area contributed by atoms with Crippen LogP contribution < -0.4 is 5.32 Å². The van der Waals surface area contributed by atoms with E-state index in [0.29, 0.717) is 10.7 Å². The molecule has 1 fully saturated rings. The van der Waals surface area contributed by atoms with Gasteiger partial charge in [-0.1, -0.05) is 36.9 Å². The van der Waals surface area contributed by atoms with E-state index in [2.05, 4.69) is 5.32 Å². The lowest BCUT2D eigenvalue weighted by Gasteiger charge is -2.33. The minimum absolute atomic E-state index is 0.0372. The fourth-order valence-corrected chi connectivity index (χ4v) is 3.15. The quantitative estimate of drug-likeness (QED) is 0.917. The minimum Gasteiger partial charge on any atom is -0.331 e. The lowest BCUT2D eigenvalue weighted by Crippen LogP contribution is -2.44. The number of hydrogen-bond donors (Lipinski definition) is 1. The van der Waals surface area contributed by atoms with Gasteiger partial charge in [-0.2, -0.15) is 0 Å². The van der Waals surface area contributed by atoms with Crippen LogP contribution in [0.1, 0.15) is 44.6 Å². The third-order valence-electron chi connectivity index (χ3n) is 4.28. The van der Waals surface area contributed by atoms with Gasteiger partial charge in [-0.3, -0.25) is 9.59 Å². The Morgan fingerprint density at radius 3 is 2.59 bits per heavy atom. The van der Waals surface area contributed by atoms with Gasteiger partial charge in [0.05, 0.1) is 0 Å². The second-order valence-corrected chi connectivity index (χ2v) is 6.31.